The van der Waals surface area contributed by atoms with E-state index in [4.69, 9.17) is 7.85 Å². The molecule has 0 spiro atoms. The molecule has 3 heteroatoms. The monoisotopic (exact) mass is 94.1 g/mol. The Balaban J connectivity index is 3.09. The molecule has 0 heterocycles. The van der Waals surface area contributed by atoms with Crippen LogP contribution in [0.3, 0.4) is 0 Å². The van der Waals surface area contributed by atoms with E-state index >= 15 is 0 Å². The largest absolute Gasteiger partial charge is 0.313 e. The zero-order valence-electron chi connectivity index (χ0n) is 4.26. The Morgan fingerprint density at radius 2 is 2.43 bits per heavy atom. The van der Waals surface area contributed by atoms with E-state index in [1.165, 1.54) is 5.98 Å². The topological polar surface area (TPSA) is 24.4 Å². The molecule has 7 heavy (non-hydrogen) atoms. The lowest BCUT2D eigenvalue weighted by atomic mass is 10.1. The van der Waals surface area contributed by atoms with Gasteiger partial charge in [-0.3, -0.25) is 0 Å². The van der Waals surface area contributed by atoms with E-state index in [2.05, 4.69) is 10.5 Å². The lowest BCUT2D eigenvalue weighted by Crippen LogP contribution is -1.91. The third-order valence-corrected chi connectivity index (χ3v) is 0.401. The summed E-state index contributed by atoms with van der Waals surface area (Å²) in [5, 5.41) is 3.62. The summed E-state index contributed by atoms with van der Waals surface area (Å²) >= 11 is 0. The number of hydrazone groups is 1. The van der Waals surface area contributed by atoms with Crippen LogP contribution in [0.5, 0.6) is 0 Å². The van der Waals surface area contributed by atoms with E-state index in [9.17, 15) is 0 Å². The molecule has 0 atom stereocenters. The minimum Gasteiger partial charge on any atom is -0.313 e. The van der Waals surface area contributed by atoms with Crippen molar-refractivity contribution in [2.24, 2.45) is 5.10 Å². The van der Waals surface area contributed by atoms with Crippen molar-refractivity contribution < 1.29 is 0 Å². The summed E-state index contributed by atoms with van der Waals surface area (Å²) in [5.41, 5.74) is 2.57. The third-order valence-electron chi connectivity index (χ3n) is 0.401. The molecule has 0 aromatic carbocycles. The third kappa shape index (κ3) is 5.27. The molecule has 1 N–H and O–H groups in total. The highest BCUT2D eigenvalue weighted by Crippen LogP contribution is 1.56. The highest BCUT2D eigenvalue weighted by atomic mass is 15.3. The van der Waals surface area contributed by atoms with Crippen molar-refractivity contribution in [3.63, 3.8) is 0 Å². The van der Waals surface area contributed by atoms with Gasteiger partial charge in [0.05, 0.1) is 0 Å². The van der Waals surface area contributed by atoms with Crippen LogP contribution in [0, 0.1) is 0 Å². The molecule has 0 bridgehead atoms. The van der Waals surface area contributed by atoms with Crippen molar-refractivity contribution in [1.82, 2.24) is 5.43 Å². The molecule has 0 aromatic heterocycles. The molecule has 0 saturated carbocycles. The first-order valence-corrected chi connectivity index (χ1v) is 1.98. The summed E-state index contributed by atoms with van der Waals surface area (Å²) in [5.74, 6) is 1.42. The highest BCUT2D eigenvalue weighted by molar-refractivity contribution is 6.18. The van der Waals surface area contributed by atoms with Crippen LogP contribution in [0.15, 0.2) is 17.2 Å². The maximum atomic E-state index is 4.97. The van der Waals surface area contributed by atoms with Crippen LogP contribution in [0.2, 0.25) is 0 Å². The van der Waals surface area contributed by atoms with Gasteiger partial charge in [-0.25, -0.2) is 0 Å². The van der Waals surface area contributed by atoms with E-state index in [0.717, 1.165) is 0 Å². The lowest BCUT2D eigenvalue weighted by molar-refractivity contribution is 0.909. The van der Waals surface area contributed by atoms with E-state index in [-0.39, 0.29) is 0 Å². The fourth-order valence-corrected chi connectivity index (χ4v) is 0.167. The van der Waals surface area contributed by atoms with E-state index in [0.29, 0.717) is 0 Å². The van der Waals surface area contributed by atoms with Crippen LogP contribution in [-0.2, 0) is 0 Å². The maximum Gasteiger partial charge on any atom is 0.102 e. The Morgan fingerprint density at radius 3 is 2.86 bits per heavy atom. The van der Waals surface area contributed by atoms with Crippen LogP contribution in [-0.4, -0.2) is 21.1 Å². The summed E-state index contributed by atoms with van der Waals surface area (Å²) in [6.45, 7) is 0. The number of nitrogens with zero attached hydrogens (tertiary/aromatic N) is 1. The first kappa shape index (κ1) is 6.27. The van der Waals surface area contributed by atoms with Crippen molar-refractivity contribution in [2.75, 3.05) is 7.05 Å². The second-order valence-corrected chi connectivity index (χ2v) is 0.887. The average molecular weight is 93.9 g/mol. The van der Waals surface area contributed by atoms with Gasteiger partial charge in [0.1, 0.15) is 7.85 Å². The molecule has 36 valence electrons. The van der Waals surface area contributed by atoms with Crippen LogP contribution in [0.4, 0.5) is 0 Å². The van der Waals surface area contributed by atoms with Gasteiger partial charge in [-0.05, 0) is 0 Å². The highest BCUT2D eigenvalue weighted by Gasteiger charge is 1.54. The van der Waals surface area contributed by atoms with Gasteiger partial charge in [0.15, 0.2) is 0 Å². The van der Waals surface area contributed by atoms with Gasteiger partial charge < -0.3 is 5.43 Å². The Bertz CT molecular complexity index is 77.8. The summed E-state index contributed by atoms with van der Waals surface area (Å²) < 4.78 is 0. The normalized spacial score (nSPS) is 11.0. The van der Waals surface area contributed by atoms with Crippen LogP contribution < -0.4 is 5.43 Å². The molecule has 2 radical (unpaired) electrons. The average Bonchev–Trinajstić information content (AvgIpc) is 1.69. The van der Waals surface area contributed by atoms with Gasteiger partial charge in [0, 0.05) is 13.3 Å². The molecular weight excluding hydrogens is 86.9 g/mol. The van der Waals surface area contributed by atoms with Crippen molar-refractivity contribution in [3.8, 4) is 0 Å². The van der Waals surface area contributed by atoms with Gasteiger partial charge in [-0.2, -0.15) is 5.10 Å². The van der Waals surface area contributed by atoms with E-state index < -0.39 is 0 Å². The number of nitrogens with one attached hydrogen (secondary N) is 1. The first-order chi connectivity index (χ1) is 3.41. The predicted octanol–water partition coefficient (Wildman–Crippen LogP) is -0.126. The van der Waals surface area contributed by atoms with Crippen LogP contribution in [0.1, 0.15) is 0 Å². The molecular formula is C4H7BN2. The predicted molar refractivity (Wildman–Crippen MR) is 32.4 cm³/mol. The molecule has 0 aromatic rings. The molecule has 0 rings (SSSR count). The zero-order chi connectivity index (χ0) is 5.54. The van der Waals surface area contributed by atoms with Gasteiger partial charge in [0.2, 0.25) is 0 Å². The molecule has 0 unspecified atom stereocenters. The summed E-state index contributed by atoms with van der Waals surface area (Å²) in [6.07, 6.45) is 3.20. The first-order valence-electron chi connectivity index (χ1n) is 1.98. The van der Waals surface area contributed by atoms with Gasteiger partial charge in [-0.1, -0.05) is 6.08 Å². The smallest absolute Gasteiger partial charge is 0.102 e. The minimum atomic E-state index is 1.42. The van der Waals surface area contributed by atoms with Gasteiger partial charge in [0.25, 0.3) is 0 Å². The van der Waals surface area contributed by atoms with Crippen LogP contribution in [0.25, 0.3) is 0 Å². The molecule has 2 nitrogen and oxygen atoms in total. The number of hydrogen-bond donors (Lipinski definition) is 1. The lowest BCUT2D eigenvalue weighted by Gasteiger charge is -1.78. The second-order valence-electron chi connectivity index (χ2n) is 0.887. The fraction of sp³-hybridized carbons (Fsp3) is 0.250. The number of hydrogen-bond acceptors (Lipinski definition) is 2. The molecule has 0 aliphatic heterocycles. The summed E-state index contributed by atoms with van der Waals surface area (Å²) in [4.78, 5) is 0. The van der Waals surface area contributed by atoms with Crippen molar-refractivity contribution >= 4 is 14.1 Å². The fourth-order valence-electron chi connectivity index (χ4n) is 0.167. The van der Waals surface area contributed by atoms with E-state index in [1.54, 1.807) is 19.3 Å². The SMILES string of the molecule is [B]/C=C/C=N\NC. The van der Waals surface area contributed by atoms with Gasteiger partial charge >= 0.3 is 0 Å². The standard InChI is InChI=1S/C4H7BN2/c1-6-7-4-2-3-5/h2-4,6H,1H3/b3-2+,7-4-. The zero-order valence-corrected chi connectivity index (χ0v) is 4.26. The second kappa shape index (κ2) is 5.27. The Morgan fingerprint density at radius 1 is 1.71 bits per heavy atom. The maximum absolute atomic E-state index is 4.97. The van der Waals surface area contributed by atoms with Gasteiger partial charge in [-0.15, -0.1) is 5.98 Å². The van der Waals surface area contributed by atoms with Crippen molar-refractivity contribution in [2.45, 2.75) is 0 Å². The Hall–Kier alpha value is -0.725. The molecule has 0 saturated heterocycles. The Kier molecular flexibility index (Phi) is 4.73. The van der Waals surface area contributed by atoms with Crippen molar-refractivity contribution in [3.05, 3.63) is 12.1 Å². The number of allylic oxidation sites excluding steroid dienone is 1. The molecule has 0 aliphatic rings. The van der Waals surface area contributed by atoms with Crippen molar-refractivity contribution in [1.29, 1.82) is 0 Å². The molecule has 0 fully saturated rings. The quantitative estimate of drug-likeness (QED) is 0.287. The molecule has 0 aliphatic carbocycles. The Labute approximate surface area is 44.7 Å². The minimum absolute atomic E-state index is 1.42. The van der Waals surface area contributed by atoms with Crippen LogP contribution >= 0.6 is 0 Å². The summed E-state index contributed by atoms with van der Waals surface area (Å²) in [7, 11) is 6.69. The van der Waals surface area contributed by atoms with E-state index in [1.807, 2.05) is 0 Å². The number of rotatable bonds is 2. The summed E-state index contributed by atoms with van der Waals surface area (Å²) in [6, 6.07) is 0. The molecule has 0 amide bonds.